The number of nitrogens with zero attached hydrogens (tertiary/aromatic N) is 3. The average Bonchev–Trinajstić information content (AvgIpc) is 2.66. The Labute approximate surface area is 171 Å². The molecule has 1 heterocycles. The van der Waals surface area contributed by atoms with Crippen LogP contribution in [0.1, 0.15) is 11.1 Å². The minimum Gasteiger partial charge on any atom is -0.370 e. The van der Waals surface area contributed by atoms with Gasteiger partial charge in [-0.1, -0.05) is 23.7 Å². The first-order valence-electron chi connectivity index (χ1n) is 9.09. The number of aliphatic imine (C=N–C) groups is 1. The van der Waals surface area contributed by atoms with Crippen molar-refractivity contribution in [2.24, 2.45) is 10.7 Å². The highest BCUT2D eigenvalue weighted by Gasteiger charge is 2.18. The summed E-state index contributed by atoms with van der Waals surface area (Å²) in [6, 6.07) is 13.1. The van der Waals surface area contributed by atoms with Gasteiger partial charge < -0.3 is 15.5 Å². The second-order valence-corrected chi connectivity index (χ2v) is 9.42. The van der Waals surface area contributed by atoms with Gasteiger partial charge in [0.2, 0.25) is 0 Å². The number of anilines is 1. The minimum absolute atomic E-state index is 0.353. The Morgan fingerprint density at radius 3 is 2.32 bits per heavy atom. The van der Waals surface area contributed by atoms with E-state index >= 15 is 0 Å². The van der Waals surface area contributed by atoms with Gasteiger partial charge in [-0.3, -0.25) is 0 Å². The zero-order valence-corrected chi connectivity index (χ0v) is 17.7. The van der Waals surface area contributed by atoms with Crippen LogP contribution in [0.3, 0.4) is 0 Å². The lowest BCUT2D eigenvalue weighted by Crippen LogP contribution is -2.51. The van der Waals surface area contributed by atoms with Gasteiger partial charge in [0.1, 0.15) is 0 Å². The Morgan fingerprint density at radius 2 is 1.75 bits per heavy atom. The van der Waals surface area contributed by atoms with E-state index in [0.717, 1.165) is 48.0 Å². The maximum absolute atomic E-state index is 11.7. The first-order chi connectivity index (χ1) is 13.2. The van der Waals surface area contributed by atoms with Crippen LogP contribution in [-0.2, 0) is 16.4 Å². The predicted octanol–water partition coefficient (Wildman–Crippen LogP) is 2.69. The monoisotopic (exact) mass is 420 g/mol. The summed E-state index contributed by atoms with van der Waals surface area (Å²) in [7, 11) is -3.21. The molecule has 1 aliphatic rings. The van der Waals surface area contributed by atoms with E-state index in [1.807, 2.05) is 30.3 Å². The number of benzene rings is 2. The van der Waals surface area contributed by atoms with E-state index in [9.17, 15) is 8.42 Å². The molecule has 2 aromatic rings. The SMILES string of the molecule is Cc1cc(CN=C(N)N2CCN(c3ccc(Cl)cc3)CC2)ccc1S(C)(=O)=O. The van der Waals surface area contributed by atoms with Crippen LogP contribution in [0.4, 0.5) is 5.69 Å². The van der Waals surface area contributed by atoms with E-state index < -0.39 is 9.84 Å². The molecule has 1 aliphatic heterocycles. The first kappa shape index (κ1) is 20.5. The Kier molecular flexibility index (Phi) is 6.15. The second-order valence-electron chi connectivity index (χ2n) is 7.00. The third-order valence-electron chi connectivity index (χ3n) is 4.86. The smallest absolute Gasteiger partial charge is 0.191 e. The van der Waals surface area contributed by atoms with Crippen molar-refractivity contribution in [3.8, 4) is 0 Å². The van der Waals surface area contributed by atoms with Crippen molar-refractivity contribution in [2.75, 3.05) is 37.3 Å². The predicted molar refractivity (Wildman–Crippen MR) is 115 cm³/mol. The topological polar surface area (TPSA) is 79.0 Å². The van der Waals surface area contributed by atoms with E-state index in [0.29, 0.717) is 17.4 Å². The Hall–Kier alpha value is -2.25. The third kappa shape index (κ3) is 4.97. The molecule has 0 bridgehead atoms. The number of guanidine groups is 1. The lowest BCUT2D eigenvalue weighted by atomic mass is 10.1. The molecule has 2 N–H and O–H groups in total. The number of hydrogen-bond acceptors (Lipinski definition) is 4. The van der Waals surface area contributed by atoms with Gasteiger partial charge in [-0.15, -0.1) is 0 Å². The van der Waals surface area contributed by atoms with Gasteiger partial charge >= 0.3 is 0 Å². The maximum atomic E-state index is 11.7. The molecule has 150 valence electrons. The molecule has 28 heavy (non-hydrogen) atoms. The highest BCUT2D eigenvalue weighted by atomic mass is 35.5. The summed E-state index contributed by atoms with van der Waals surface area (Å²) in [6.07, 6.45) is 1.22. The van der Waals surface area contributed by atoms with Crippen molar-refractivity contribution in [1.82, 2.24) is 4.90 Å². The summed E-state index contributed by atoms with van der Waals surface area (Å²) < 4.78 is 23.4. The van der Waals surface area contributed by atoms with Crippen LogP contribution in [0, 0.1) is 6.92 Å². The van der Waals surface area contributed by atoms with Gasteiger partial charge in [-0.25, -0.2) is 13.4 Å². The standard InChI is InChI=1S/C20H25ClN4O2S/c1-15-13-16(3-8-19(15)28(2,26)27)14-23-20(22)25-11-9-24(10-12-25)18-6-4-17(21)5-7-18/h3-8,13H,9-12,14H2,1-2H3,(H2,22,23). The molecule has 0 saturated carbocycles. The van der Waals surface area contributed by atoms with Crippen LogP contribution in [-0.4, -0.2) is 51.7 Å². The molecule has 0 spiro atoms. The van der Waals surface area contributed by atoms with Crippen molar-refractivity contribution in [3.05, 3.63) is 58.6 Å². The fourth-order valence-corrected chi connectivity index (χ4v) is 4.43. The van der Waals surface area contributed by atoms with Crippen molar-refractivity contribution in [3.63, 3.8) is 0 Å². The van der Waals surface area contributed by atoms with Crippen molar-refractivity contribution < 1.29 is 8.42 Å². The molecular formula is C20H25ClN4O2S. The summed E-state index contributed by atoms with van der Waals surface area (Å²) in [4.78, 5) is 9.22. The molecule has 2 aromatic carbocycles. The zero-order chi connectivity index (χ0) is 20.3. The Balaban J connectivity index is 1.59. The van der Waals surface area contributed by atoms with Crippen LogP contribution in [0.15, 0.2) is 52.4 Å². The summed E-state index contributed by atoms with van der Waals surface area (Å²) in [6.45, 7) is 5.53. The number of sulfone groups is 1. The molecule has 0 amide bonds. The van der Waals surface area contributed by atoms with Gasteiger partial charge in [0.25, 0.3) is 0 Å². The second kappa shape index (κ2) is 8.41. The Morgan fingerprint density at radius 1 is 1.11 bits per heavy atom. The van der Waals surface area contributed by atoms with Gasteiger partial charge in [0.05, 0.1) is 11.4 Å². The number of aryl methyl sites for hydroxylation is 1. The number of nitrogens with two attached hydrogens (primary N) is 1. The van der Waals surface area contributed by atoms with Gasteiger partial charge in [-0.05, 0) is 48.4 Å². The largest absolute Gasteiger partial charge is 0.370 e. The quantitative estimate of drug-likeness (QED) is 0.607. The lowest BCUT2D eigenvalue weighted by Gasteiger charge is -2.36. The fraction of sp³-hybridized carbons (Fsp3) is 0.350. The number of piperazine rings is 1. The number of hydrogen-bond donors (Lipinski definition) is 1. The molecule has 0 aliphatic carbocycles. The van der Waals surface area contributed by atoms with E-state index in [1.165, 1.54) is 6.26 Å². The zero-order valence-electron chi connectivity index (χ0n) is 16.1. The van der Waals surface area contributed by atoms with Crippen LogP contribution in [0.5, 0.6) is 0 Å². The molecule has 0 radical (unpaired) electrons. The van der Waals surface area contributed by atoms with Gasteiger partial charge in [0.15, 0.2) is 15.8 Å². The van der Waals surface area contributed by atoms with Crippen LogP contribution < -0.4 is 10.6 Å². The first-order valence-corrected chi connectivity index (χ1v) is 11.4. The lowest BCUT2D eigenvalue weighted by molar-refractivity contribution is 0.380. The molecule has 3 rings (SSSR count). The van der Waals surface area contributed by atoms with E-state index in [1.54, 1.807) is 19.1 Å². The third-order valence-corrected chi connectivity index (χ3v) is 6.37. The average molecular weight is 421 g/mol. The van der Waals surface area contributed by atoms with E-state index in [-0.39, 0.29) is 0 Å². The van der Waals surface area contributed by atoms with Gasteiger partial charge in [0, 0.05) is 43.1 Å². The molecule has 0 aromatic heterocycles. The van der Waals surface area contributed by atoms with Crippen LogP contribution >= 0.6 is 11.6 Å². The molecule has 1 fully saturated rings. The highest BCUT2D eigenvalue weighted by Crippen LogP contribution is 2.20. The number of rotatable bonds is 4. The summed E-state index contributed by atoms with van der Waals surface area (Å²) in [5.41, 5.74) is 9.00. The van der Waals surface area contributed by atoms with Gasteiger partial charge in [-0.2, -0.15) is 0 Å². The Bertz CT molecular complexity index is 966. The maximum Gasteiger partial charge on any atom is 0.191 e. The molecular weight excluding hydrogens is 396 g/mol. The summed E-state index contributed by atoms with van der Waals surface area (Å²) >= 11 is 5.95. The van der Waals surface area contributed by atoms with Crippen molar-refractivity contribution >= 4 is 33.1 Å². The highest BCUT2D eigenvalue weighted by molar-refractivity contribution is 7.90. The minimum atomic E-state index is -3.21. The molecule has 6 nitrogen and oxygen atoms in total. The fourth-order valence-electron chi connectivity index (χ4n) is 3.34. The van der Waals surface area contributed by atoms with E-state index in [2.05, 4.69) is 14.8 Å². The molecule has 0 unspecified atom stereocenters. The number of halogens is 1. The van der Waals surface area contributed by atoms with Crippen molar-refractivity contribution in [1.29, 1.82) is 0 Å². The molecule has 1 saturated heterocycles. The molecule has 0 atom stereocenters. The van der Waals surface area contributed by atoms with Crippen LogP contribution in [0.2, 0.25) is 5.02 Å². The molecule has 8 heteroatoms. The normalized spacial score (nSPS) is 15.8. The van der Waals surface area contributed by atoms with Crippen LogP contribution in [0.25, 0.3) is 0 Å². The summed E-state index contributed by atoms with van der Waals surface area (Å²) in [5, 5.41) is 0.735. The summed E-state index contributed by atoms with van der Waals surface area (Å²) in [5.74, 6) is 0.514. The van der Waals surface area contributed by atoms with E-state index in [4.69, 9.17) is 17.3 Å². The van der Waals surface area contributed by atoms with Crippen molar-refractivity contribution in [2.45, 2.75) is 18.4 Å².